The number of hydrogen-bond donors (Lipinski definition) is 6. The fourth-order valence-corrected chi connectivity index (χ4v) is 4.43. The van der Waals surface area contributed by atoms with Gasteiger partial charge in [-0.05, 0) is 24.6 Å². The first-order valence-electron chi connectivity index (χ1n) is 9.79. The van der Waals surface area contributed by atoms with Crippen molar-refractivity contribution >= 4 is 11.8 Å². The normalized spacial score (nSPS) is 31.6. The van der Waals surface area contributed by atoms with Crippen molar-refractivity contribution in [1.29, 1.82) is 0 Å². The second kappa shape index (κ2) is 7.54. The number of aliphatic hydroxyl groups is 4. The topological polar surface area (TPSA) is 174 Å². The number of fused-ring (bicyclic) bond motifs is 2. The summed E-state index contributed by atoms with van der Waals surface area (Å²) in [7, 11) is 0. The Morgan fingerprint density at radius 1 is 1.00 bits per heavy atom. The van der Waals surface area contributed by atoms with Crippen molar-refractivity contribution in [3.05, 3.63) is 58.1 Å². The first-order chi connectivity index (χ1) is 15.0. The lowest BCUT2D eigenvalue weighted by atomic mass is 9.68. The summed E-state index contributed by atoms with van der Waals surface area (Å²) in [6.45, 7) is 2.64. The Balaban J connectivity index is 1.99. The Hall–Kier alpha value is -3.02. The van der Waals surface area contributed by atoms with Crippen molar-refractivity contribution in [2.75, 3.05) is 0 Å². The molecule has 1 aliphatic heterocycles. The molecule has 2 aliphatic rings. The highest BCUT2D eigenvalue weighted by Crippen LogP contribution is 2.50. The van der Waals surface area contributed by atoms with Gasteiger partial charge >= 0.3 is 5.97 Å². The van der Waals surface area contributed by atoms with Crippen LogP contribution < -0.4 is 0 Å². The molecule has 0 saturated carbocycles. The maximum Gasteiger partial charge on any atom is 0.305 e. The van der Waals surface area contributed by atoms with E-state index in [9.17, 15) is 40.2 Å². The van der Waals surface area contributed by atoms with E-state index < -0.39 is 59.6 Å². The van der Waals surface area contributed by atoms with Gasteiger partial charge in [-0.25, -0.2) is 0 Å². The van der Waals surface area contributed by atoms with E-state index in [1.54, 1.807) is 6.92 Å². The van der Waals surface area contributed by atoms with Crippen molar-refractivity contribution in [2.45, 2.75) is 50.2 Å². The minimum atomic E-state index is -2.40. The van der Waals surface area contributed by atoms with Crippen LogP contribution in [0.3, 0.4) is 0 Å². The highest BCUT2D eigenvalue weighted by Gasteiger charge is 2.58. The van der Waals surface area contributed by atoms with Crippen LogP contribution in [0.15, 0.2) is 30.3 Å². The average Bonchev–Trinajstić information content (AvgIpc) is 2.71. The second-order valence-corrected chi connectivity index (χ2v) is 8.01. The van der Waals surface area contributed by atoms with Gasteiger partial charge in [-0.3, -0.25) is 9.59 Å². The van der Waals surface area contributed by atoms with E-state index in [4.69, 9.17) is 9.47 Å². The fourth-order valence-electron chi connectivity index (χ4n) is 4.43. The van der Waals surface area contributed by atoms with Gasteiger partial charge in [0.05, 0.1) is 11.1 Å². The van der Waals surface area contributed by atoms with E-state index >= 15 is 0 Å². The first-order valence-corrected chi connectivity index (χ1v) is 9.79. The molecule has 1 saturated heterocycles. The zero-order chi connectivity index (χ0) is 23.5. The Kier molecular flexibility index (Phi) is 5.23. The Morgan fingerprint density at radius 2 is 1.66 bits per heavy atom. The van der Waals surface area contributed by atoms with Crippen molar-refractivity contribution in [1.82, 2.24) is 0 Å². The molecule has 6 N–H and O–H groups in total. The summed E-state index contributed by atoms with van der Waals surface area (Å²) in [5.41, 5.74) is -2.91. The summed E-state index contributed by atoms with van der Waals surface area (Å²) >= 11 is 0. The highest BCUT2D eigenvalue weighted by atomic mass is 16.7. The van der Waals surface area contributed by atoms with E-state index in [-0.39, 0.29) is 22.3 Å². The lowest BCUT2D eigenvalue weighted by Gasteiger charge is -2.48. The standard InChI is InChI=1S/C22H22O10/c1-8-6-11-15(13(25)7-8)16(26)14-10(4-3-5-12(14)24)22(11,30)20-18(28)17(27)19(29)21(32-20)31-9(2)23/h3-7,17-21,24-25,27-30H,1-2H3. The quantitative estimate of drug-likeness (QED) is 0.332. The van der Waals surface area contributed by atoms with Crippen LogP contribution in [0.2, 0.25) is 0 Å². The highest BCUT2D eigenvalue weighted by molar-refractivity contribution is 6.16. The van der Waals surface area contributed by atoms with Crippen molar-refractivity contribution in [3.8, 4) is 11.5 Å². The van der Waals surface area contributed by atoms with E-state index in [2.05, 4.69) is 0 Å². The number of esters is 1. The molecule has 6 unspecified atom stereocenters. The van der Waals surface area contributed by atoms with Crippen LogP contribution in [-0.4, -0.2) is 73.1 Å². The number of aliphatic hydroxyl groups excluding tert-OH is 3. The molecular weight excluding hydrogens is 424 g/mol. The van der Waals surface area contributed by atoms with Crippen LogP contribution in [0, 0.1) is 6.92 Å². The summed E-state index contributed by atoms with van der Waals surface area (Å²) in [5.74, 6) is -2.58. The molecule has 1 heterocycles. The molecular formula is C22H22O10. The lowest BCUT2D eigenvalue weighted by Crippen LogP contribution is -2.65. The summed E-state index contributed by atoms with van der Waals surface area (Å²) in [4.78, 5) is 24.6. The summed E-state index contributed by atoms with van der Waals surface area (Å²) in [6, 6.07) is 6.58. The molecule has 10 heteroatoms. The van der Waals surface area contributed by atoms with E-state index in [1.165, 1.54) is 30.3 Å². The summed E-state index contributed by atoms with van der Waals surface area (Å²) < 4.78 is 10.5. The molecule has 0 aromatic heterocycles. The van der Waals surface area contributed by atoms with Gasteiger partial charge in [0, 0.05) is 18.1 Å². The molecule has 0 amide bonds. The summed E-state index contributed by atoms with van der Waals surface area (Å²) in [6.07, 6.45) is -9.17. The molecule has 0 spiro atoms. The molecule has 0 radical (unpaired) electrons. The van der Waals surface area contributed by atoms with Gasteiger partial charge in [-0.15, -0.1) is 0 Å². The molecule has 4 rings (SSSR count). The minimum Gasteiger partial charge on any atom is -0.507 e. The number of carbonyl (C=O) groups is 2. The molecule has 2 aromatic carbocycles. The van der Waals surface area contributed by atoms with Crippen LogP contribution >= 0.6 is 0 Å². The molecule has 2 aromatic rings. The number of phenolic OH excluding ortho intramolecular Hbond substituents is 2. The van der Waals surface area contributed by atoms with Gasteiger partial charge in [0.15, 0.2) is 0 Å². The van der Waals surface area contributed by atoms with Gasteiger partial charge in [0.25, 0.3) is 0 Å². The SMILES string of the molecule is CC(=O)OC1OC(C2(O)c3cccc(O)c3C(=O)c3c(O)cc(C)cc32)C(O)C(O)C1O. The monoisotopic (exact) mass is 446 g/mol. The number of ketones is 1. The van der Waals surface area contributed by atoms with E-state index in [0.29, 0.717) is 5.56 Å². The fraction of sp³-hybridized carbons (Fsp3) is 0.364. The maximum atomic E-state index is 13.1. The van der Waals surface area contributed by atoms with Crippen LogP contribution in [0.1, 0.15) is 39.5 Å². The van der Waals surface area contributed by atoms with Gasteiger partial charge in [-0.2, -0.15) is 0 Å². The largest absolute Gasteiger partial charge is 0.507 e. The molecule has 1 aliphatic carbocycles. The third-order valence-corrected chi connectivity index (χ3v) is 5.84. The molecule has 1 fully saturated rings. The molecule has 32 heavy (non-hydrogen) atoms. The lowest BCUT2D eigenvalue weighted by molar-refractivity contribution is -0.313. The molecule has 170 valence electrons. The third kappa shape index (κ3) is 3.07. The van der Waals surface area contributed by atoms with Crippen LogP contribution in [0.5, 0.6) is 11.5 Å². The maximum absolute atomic E-state index is 13.1. The van der Waals surface area contributed by atoms with Gasteiger partial charge < -0.3 is 40.1 Å². The number of carbonyl (C=O) groups excluding carboxylic acids is 2. The number of hydrogen-bond acceptors (Lipinski definition) is 10. The number of rotatable bonds is 2. The predicted molar refractivity (Wildman–Crippen MR) is 106 cm³/mol. The molecule has 10 nitrogen and oxygen atoms in total. The average molecular weight is 446 g/mol. The third-order valence-electron chi connectivity index (χ3n) is 5.84. The van der Waals surface area contributed by atoms with E-state index in [1.807, 2.05) is 0 Å². The first kappa shape index (κ1) is 22.2. The van der Waals surface area contributed by atoms with Gasteiger partial charge in [-0.1, -0.05) is 18.2 Å². The van der Waals surface area contributed by atoms with Gasteiger partial charge in [0.1, 0.15) is 41.5 Å². The van der Waals surface area contributed by atoms with Crippen molar-refractivity contribution in [2.24, 2.45) is 0 Å². The Bertz CT molecular complexity index is 1110. The Labute approximate surface area is 181 Å². The zero-order valence-electron chi connectivity index (χ0n) is 17.1. The van der Waals surface area contributed by atoms with Crippen molar-refractivity contribution in [3.63, 3.8) is 0 Å². The number of phenols is 2. The number of aryl methyl sites for hydroxylation is 1. The second-order valence-electron chi connectivity index (χ2n) is 8.01. The predicted octanol–water partition coefficient (Wildman–Crippen LogP) is -0.443. The number of benzene rings is 2. The van der Waals surface area contributed by atoms with Crippen LogP contribution in [-0.2, 0) is 19.9 Å². The zero-order valence-corrected chi connectivity index (χ0v) is 17.1. The number of ether oxygens (including phenoxy) is 2. The van der Waals surface area contributed by atoms with Crippen LogP contribution in [0.25, 0.3) is 0 Å². The number of aromatic hydroxyl groups is 2. The smallest absolute Gasteiger partial charge is 0.305 e. The van der Waals surface area contributed by atoms with Crippen LogP contribution in [0.4, 0.5) is 0 Å². The van der Waals surface area contributed by atoms with E-state index in [0.717, 1.165) is 6.92 Å². The minimum absolute atomic E-state index is 0.146. The molecule has 6 atom stereocenters. The van der Waals surface area contributed by atoms with Gasteiger partial charge in [0.2, 0.25) is 12.1 Å². The summed E-state index contributed by atoms with van der Waals surface area (Å²) in [5, 5.41) is 64.3. The van der Waals surface area contributed by atoms with Crippen molar-refractivity contribution < 1.29 is 49.7 Å². The Morgan fingerprint density at radius 3 is 2.31 bits per heavy atom. The molecule has 0 bridgehead atoms.